The van der Waals surface area contributed by atoms with Gasteiger partial charge in [0.1, 0.15) is 0 Å². The number of nitrogens with zero attached hydrogens (tertiary/aromatic N) is 2. The molecule has 134 valence electrons. The van der Waals surface area contributed by atoms with Crippen LogP contribution < -0.4 is 5.32 Å². The number of H-pyrrole nitrogens is 1. The summed E-state index contributed by atoms with van der Waals surface area (Å²) < 4.78 is 26.3. The van der Waals surface area contributed by atoms with Gasteiger partial charge in [-0.3, -0.25) is 4.79 Å². The lowest BCUT2D eigenvalue weighted by Gasteiger charge is -2.30. The predicted molar refractivity (Wildman–Crippen MR) is 94.6 cm³/mol. The van der Waals surface area contributed by atoms with Gasteiger partial charge in [0.25, 0.3) is 10.0 Å². The molecule has 2 heterocycles. The van der Waals surface area contributed by atoms with Crippen molar-refractivity contribution >= 4 is 21.6 Å². The third-order valence-electron chi connectivity index (χ3n) is 4.57. The van der Waals surface area contributed by atoms with Gasteiger partial charge in [-0.25, -0.2) is 13.4 Å². The van der Waals surface area contributed by atoms with E-state index in [1.54, 1.807) is 0 Å². The zero-order valence-corrected chi connectivity index (χ0v) is 15.1. The fourth-order valence-corrected chi connectivity index (χ4v) is 4.35. The van der Waals surface area contributed by atoms with E-state index in [1.165, 1.54) is 16.8 Å². The third-order valence-corrected chi connectivity index (χ3v) is 6.39. The van der Waals surface area contributed by atoms with Crippen molar-refractivity contribution < 1.29 is 13.2 Å². The molecule has 7 nitrogen and oxygen atoms in total. The molecule has 0 spiro atoms. The molecule has 2 N–H and O–H groups in total. The average molecular weight is 362 g/mol. The number of imidazole rings is 1. The third kappa shape index (κ3) is 3.74. The molecule has 1 amide bonds. The fraction of sp³-hybridized carbons (Fsp3) is 0.412. The van der Waals surface area contributed by atoms with Crippen LogP contribution in [-0.4, -0.2) is 41.7 Å². The molecular formula is C17H22N4O3S. The number of benzene rings is 1. The number of aryl methyl sites for hydroxylation is 2. The Kier molecular flexibility index (Phi) is 4.91. The number of carbonyl (C=O) groups is 1. The normalized spacial score (nSPS) is 16.7. The standard InChI is InChI=1S/C17H22N4O3S/c1-12-3-4-13(2)15(9-12)20-17(22)14-5-7-21(8-6-14)25(23,24)16-10-18-11-19-16/h3-4,9-11,14H,5-8H2,1-2H3,(H,18,19)(H,20,22). The Morgan fingerprint density at radius 3 is 2.64 bits per heavy atom. The van der Waals surface area contributed by atoms with Crippen molar-refractivity contribution in [3.8, 4) is 0 Å². The van der Waals surface area contributed by atoms with Crippen LogP contribution in [0, 0.1) is 19.8 Å². The predicted octanol–water partition coefficient (Wildman–Crippen LogP) is 2.07. The summed E-state index contributed by atoms with van der Waals surface area (Å²) >= 11 is 0. The molecule has 0 saturated carbocycles. The SMILES string of the molecule is Cc1ccc(C)c(NC(=O)C2CCN(S(=O)(=O)c3cnc[nH]3)CC2)c1. The molecule has 0 radical (unpaired) electrons. The van der Waals surface area contributed by atoms with E-state index in [0.717, 1.165) is 16.8 Å². The number of carbonyl (C=O) groups excluding carboxylic acids is 1. The van der Waals surface area contributed by atoms with Gasteiger partial charge >= 0.3 is 0 Å². The van der Waals surface area contributed by atoms with Crippen molar-refractivity contribution in [1.82, 2.24) is 14.3 Å². The number of nitrogens with one attached hydrogen (secondary N) is 2. The molecule has 1 aliphatic heterocycles. The second-order valence-electron chi connectivity index (χ2n) is 6.40. The van der Waals surface area contributed by atoms with Crippen LogP contribution in [0.5, 0.6) is 0 Å². The lowest BCUT2D eigenvalue weighted by molar-refractivity contribution is -0.120. The minimum absolute atomic E-state index is 0.0488. The van der Waals surface area contributed by atoms with E-state index in [-0.39, 0.29) is 16.9 Å². The molecular weight excluding hydrogens is 340 g/mol. The number of anilines is 1. The topological polar surface area (TPSA) is 95.2 Å². The van der Waals surface area contributed by atoms with E-state index in [9.17, 15) is 13.2 Å². The molecule has 0 aliphatic carbocycles. The number of aromatic nitrogens is 2. The zero-order chi connectivity index (χ0) is 18.0. The molecule has 1 aromatic heterocycles. The van der Waals surface area contributed by atoms with Crippen LogP contribution in [0.4, 0.5) is 5.69 Å². The summed E-state index contributed by atoms with van der Waals surface area (Å²) in [7, 11) is -3.56. The number of sulfonamides is 1. The molecule has 1 aromatic carbocycles. The van der Waals surface area contributed by atoms with Crippen molar-refractivity contribution in [3.05, 3.63) is 41.9 Å². The van der Waals surface area contributed by atoms with E-state index < -0.39 is 10.0 Å². The monoisotopic (exact) mass is 362 g/mol. The van der Waals surface area contributed by atoms with Crippen molar-refractivity contribution in [2.45, 2.75) is 31.7 Å². The summed E-state index contributed by atoms with van der Waals surface area (Å²) in [5.41, 5.74) is 2.91. The molecule has 0 unspecified atom stereocenters. The van der Waals surface area contributed by atoms with E-state index in [4.69, 9.17) is 0 Å². The molecule has 1 saturated heterocycles. The van der Waals surface area contributed by atoms with Crippen molar-refractivity contribution in [1.29, 1.82) is 0 Å². The van der Waals surface area contributed by atoms with Gasteiger partial charge in [0, 0.05) is 24.7 Å². The van der Waals surface area contributed by atoms with Gasteiger partial charge < -0.3 is 10.3 Å². The first-order chi connectivity index (χ1) is 11.9. The van der Waals surface area contributed by atoms with Gasteiger partial charge in [-0.1, -0.05) is 12.1 Å². The van der Waals surface area contributed by atoms with Crippen LogP contribution >= 0.6 is 0 Å². The Balaban J connectivity index is 1.62. The lowest BCUT2D eigenvalue weighted by Crippen LogP contribution is -2.41. The van der Waals surface area contributed by atoms with Crippen LogP contribution in [-0.2, 0) is 14.8 Å². The number of rotatable bonds is 4. The van der Waals surface area contributed by atoms with E-state index in [0.29, 0.717) is 25.9 Å². The minimum atomic E-state index is -3.56. The van der Waals surface area contributed by atoms with Crippen LogP contribution in [0.15, 0.2) is 35.7 Å². The molecule has 1 aliphatic rings. The Bertz CT molecular complexity index is 854. The van der Waals surface area contributed by atoms with Gasteiger partial charge in [0.15, 0.2) is 5.03 Å². The molecule has 0 bridgehead atoms. The number of hydrogen-bond donors (Lipinski definition) is 2. The van der Waals surface area contributed by atoms with Crippen LogP contribution in [0.2, 0.25) is 0 Å². The van der Waals surface area contributed by atoms with Crippen molar-refractivity contribution in [2.24, 2.45) is 5.92 Å². The molecule has 1 fully saturated rings. The van der Waals surface area contributed by atoms with Gasteiger partial charge in [-0.15, -0.1) is 0 Å². The summed E-state index contributed by atoms with van der Waals surface area (Å²) in [6.45, 7) is 4.58. The van der Waals surface area contributed by atoms with Crippen molar-refractivity contribution in [3.63, 3.8) is 0 Å². The molecule has 8 heteroatoms. The number of aromatic amines is 1. The Morgan fingerprint density at radius 2 is 2.00 bits per heavy atom. The number of amides is 1. The summed E-state index contributed by atoms with van der Waals surface area (Å²) in [4.78, 5) is 18.9. The Hall–Kier alpha value is -2.19. The number of hydrogen-bond acceptors (Lipinski definition) is 4. The first-order valence-electron chi connectivity index (χ1n) is 8.24. The molecule has 25 heavy (non-hydrogen) atoms. The van der Waals surface area contributed by atoms with E-state index in [1.807, 2.05) is 32.0 Å². The highest BCUT2D eigenvalue weighted by Gasteiger charge is 2.32. The Labute approximate surface area is 147 Å². The lowest BCUT2D eigenvalue weighted by atomic mass is 9.97. The second-order valence-corrected chi connectivity index (χ2v) is 8.31. The van der Waals surface area contributed by atoms with Crippen LogP contribution in [0.3, 0.4) is 0 Å². The zero-order valence-electron chi connectivity index (χ0n) is 14.3. The number of piperidine rings is 1. The highest BCUT2D eigenvalue weighted by Crippen LogP contribution is 2.25. The average Bonchev–Trinajstić information content (AvgIpc) is 3.13. The summed E-state index contributed by atoms with van der Waals surface area (Å²) in [5, 5.41) is 3.07. The largest absolute Gasteiger partial charge is 0.335 e. The molecule has 0 atom stereocenters. The van der Waals surface area contributed by atoms with Gasteiger partial charge in [-0.2, -0.15) is 4.31 Å². The maximum atomic E-state index is 12.5. The molecule has 2 aromatic rings. The second kappa shape index (κ2) is 6.97. The molecule has 3 rings (SSSR count). The summed E-state index contributed by atoms with van der Waals surface area (Å²) in [6, 6.07) is 5.93. The fourth-order valence-electron chi connectivity index (χ4n) is 2.99. The summed E-state index contributed by atoms with van der Waals surface area (Å²) in [5.74, 6) is -0.236. The van der Waals surface area contributed by atoms with E-state index >= 15 is 0 Å². The highest BCUT2D eigenvalue weighted by molar-refractivity contribution is 7.89. The van der Waals surface area contributed by atoms with Crippen LogP contribution in [0.25, 0.3) is 0 Å². The quantitative estimate of drug-likeness (QED) is 0.870. The summed E-state index contributed by atoms with van der Waals surface area (Å²) in [6.07, 6.45) is 3.65. The Morgan fingerprint density at radius 1 is 1.28 bits per heavy atom. The van der Waals surface area contributed by atoms with Gasteiger partial charge in [0.05, 0.1) is 12.5 Å². The van der Waals surface area contributed by atoms with Crippen molar-refractivity contribution in [2.75, 3.05) is 18.4 Å². The van der Waals surface area contributed by atoms with Crippen LogP contribution in [0.1, 0.15) is 24.0 Å². The highest BCUT2D eigenvalue weighted by atomic mass is 32.2. The first kappa shape index (κ1) is 17.6. The van der Waals surface area contributed by atoms with E-state index in [2.05, 4.69) is 15.3 Å². The maximum absolute atomic E-state index is 12.5. The maximum Gasteiger partial charge on any atom is 0.260 e. The first-order valence-corrected chi connectivity index (χ1v) is 9.68. The van der Waals surface area contributed by atoms with Gasteiger partial charge in [-0.05, 0) is 43.9 Å². The van der Waals surface area contributed by atoms with Gasteiger partial charge in [0.2, 0.25) is 5.91 Å². The smallest absolute Gasteiger partial charge is 0.260 e. The minimum Gasteiger partial charge on any atom is -0.335 e.